The van der Waals surface area contributed by atoms with Gasteiger partial charge in [0.05, 0.1) is 5.75 Å². The topological polar surface area (TPSA) is 118 Å². The van der Waals surface area contributed by atoms with Crippen molar-refractivity contribution in [2.75, 3.05) is 42.5 Å². The van der Waals surface area contributed by atoms with E-state index in [0.29, 0.717) is 37.8 Å². The van der Waals surface area contributed by atoms with Crippen molar-refractivity contribution in [1.82, 2.24) is 14.3 Å². The number of benzene rings is 1. The molecule has 0 amide bonds. The number of aromatic nitrogens is 2. The third-order valence-corrected chi connectivity index (χ3v) is 5.75. The molecule has 1 saturated heterocycles. The van der Waals surface area contributed by atoms with Crippen molar-refractivity contribution < 1.29 is 8.42 Å². The number of nitrogen functional groups attached to an aromatic ring is 2. The molecule has 0 unspecified atom stereocenters. The lowest BCUT2D eigenvalue weighted by Crippen LogP contribution is -2.49. The summed E-state index contributed by atoms with van der Waals surface area (Å²) in [5.41, 5.74) is 12.1. The first-order valence-electron chi connectivity index (χ1n) is 7.61. The van der Waals surface area contributed by atoms with E-state index in [9.17, 15) is 8.42 Å². The van der Waals surface area contributed by atoms with Crippen molar-refractivity contribution in [3.8, 4) is 0 Å². The minimum Gasteiger partial charge on any atom is -0.383 e. The van der Waals surface area contributed by atoms with E-state index in [1.165, 1.54) is 4.31 Å². The van der Waals surface area contributed by atoms with E-state index in [4.69, 9.17) is 11.5 Å². The van der Waals surface area contributed by atoms with Gasteiger partial charge in [0.2, 0.25) is 16.0 Å². The Kier molecular flexibility index (Phi) is 4.54. The summed E-state index contributed by atoms with van der Waals surface area (Å²) < 4.78 is 26.6. The molecule has 0 saturated carbocycles. The summed E-state index contributed by atoms with van der Waals surface area (Å²) in [5.74, 6) is 1.06. The molecule has 24 heavy (non-hydrogen) atoms. The van der Waals surface area contributed by atoms with Gasteiger partial charge >= 0.3 is 0 Å². The fraction of sp³-hybridized carbons (Fsp3) is 0.333. The SMILES string of the molecule is Nc1cc(N2CCN(S(=O)(=O)Cc3ccccc3)CC2)nc(N)n1. The lowest BCUT2D eigenvalue weighted by molar-refractivity contribution is 0.383. The van der Waals surface area contributed by atoms with Gasteiger partial charge < -0.3 is 16.4 Å². The summed E-state index contributed by atoms with van der Waals surface area (Å²) in [6, 6.07) is 10.8. The average Bonchev–Trinajstić information content (AvgIpc) is 2.54. The first-order chi connectivity index (χ1) is 11.4. The number of hydrogen-bond acceptors (Lipinski definition) is 7. The van der Waals surface area contributed by atoms with Gasteiger partial charge in [-0.2, -0.15) is 14.3 Å². The van der Waals surface area contributed by atoms with E-state index < -0.39 is 10.0 Å². The molecule has 128 valence electrons. The van der Waals surface area contributed by atoms with Crippen LogP contribution in [0, 0.1) is 0 Å². The van der Waals surface area contributed by atoms with Crippen LogP contribution in [0.2, 0.25) is 0 Å². The molecule has 1 aliphatic heterocycles. The van der Waals surface area contributed by atoms with Crippen molar-refractivity contribution >= 4 is 27.6 Å². The third kappa shape index (κ3) is 3.74. The summed E-state index contributed by atoms with van der Waals surface area (Å²) >= 11 is 0. The van der Waals surface area contributed by atoms with Gasteiger partial charge in [-0.15, -0.1) is 0 Å². The van der Waals surface area contributed by atoms with Gasteiger partial charge in [0, 0.05) is 32.2 Å². The van der Waals surface area contributed by atoms with Crippen molar-refractivity contribution in [3.05, 3.63) is 42.0 Å². The standard InChI is InChI=1S/C15H20N6O2S/c16-13-10-14(19-15(17)18-13)20-6-8-21(9-7-20)24(22,23)11-12-4-2-1-3-5-12/h1-5,10H,6-9,11H2,(H4,16,17,18,19). The number of piperazine rings is 1. The molecule has 2 aromatic rings. The summed E-state index contributed by atoms with van der Waals surface area (Å²) in [6.45, 7) is 1.87. The smallest absolute Gasteiger partial charge is 0.223 e. The van der Waals surface area contributed by atoms with Crippen molar-refractivity contribution in [3.63, 3.8) is 0 Å². The Labute approximate surface area is 141 Å². The minimum absolute atomic E-state index is 0.0151. The molecule has 0 atom stereocenters. The highest BCUT2D eigenvalue weighted by atomic mass is 32.2. The summed E-state index contributed by atoms with van der Waals surface area (Å²) in [5, 5.41) is 0. The number of nitrogens with zero attached hydrogens (tertiary/aromatic N) is 4. The lowest BCUT2D eigenvalue weighted by atomic mass is 10.2. The van der Waals surface area contributed by atoms with Crippen LogP contribution in [0.5, 0.6) is 0 Å². The fourth-order valence-corrected chi connectivity index (χ4v) is 4.22. The second-order valence-electron chi connectivity index (χ2n) is 5.64. The summed E-state index contributed by atoms with van der Waals surface area (Å²) in [4.78, 5) is 9.96. The minimum atomic E-state index is -3.33. The van der Waals surface area contributed by atoms with Crippen LogP contribution in [-0.4, -0.2) is 48.9 Å². The van der Waals surface area contributed by atoms with Gasteiger partial charge in [-0.05, 0) is 5.56 Å². The molecule has 4 N–H and O–H groups in total. The van der Waals surface area contributed by atoms with Crippen LogP contribution in [-0.2, 0) is 15.8 Å². The van der Waals surface area contributed by atoms with Crippen LogP contribution in [0.15, 0.2) is 36.4 Å². The zero-order chi connectivity index (χ0) is 17.2. The van der Waals surface area contributed by atoms with Gasteiger partial charge in [0.1, 0.15) is 11.6 Å². The normalized spacial score (nSPS) is 16.2. The molecule has 1 aliphatic rings. The van der Waals surface area contributed by atoms with E-state index >= 15 is 0 Å². The Morgan fingerprint density at radius 1 is 1.00 bits per heavy atom. The molecule has 0 bridgehead atoms. The van der Waals surface area contributed by atoms with Gasteiger partial charge in [-0.25, -0.2) is 8.42 Å². The monoisotopic (exact) mass is 348 g/mol. The number of hydrogen-bond donors (Lipinski definition) is 2. The second kappa shape index (κ2) is 6.62. The Morgan fingerprint density at radius 3 is 2.29 bits per heavy atom. The van der Waals surface area contributed by atoms with E-state index in [0.717, 1.165) is 5.56 Å². The van der Waals surface area contributed by atoms with Gasteiger partial charge in [0.15, 0.2) is 0 Å². The highest BCUT2D eigenvalue weighted by molar-refractivity contribution is 7.88. The fourth-order valence-electron chi connectivity index (χ4n) is 2.70. The zero-order valence-electron chi connectivity index (χ0n) is 13.2. The zero-order valence-corrected chi connectivity index (χ0v) is 14.0. The molecular formula is C15H20N6O2S. The van der Waals surface area contributed by atoms with E-state index in [-0.39, 0.29) is 11.7 Å². The Hall–Kier alpha value is -2.39. The van der Waals surface area contributed by atoms with Crippen molar-refractivity contribution in [2.45, 2.75) is 5.75 Å². The Morgan fingerprint density at radius 2 is 1.67 bits per heavy atom. The first kappa shape index (κ1) is 16.5. The third-order valence-electron chi connectivity index (χ3n) is 3.90. The van der Waals surface area contributed by atoms with Crippen molar-refractivity contribution in [2.24, 2.45) is 0 Å². The molecule has 8 nitrogen and oxygen atoms in total. The molecular weight excluding hydrogens is 328 g/mol. The molecule has 9 heteroatoms. The Bertz CT molecular complexity index is 784. The Balaban J connectivity index is 1.66. The molecule has 0 spiro atoms. The molecule has 1 fully saturated rings. The van der Waals surface area contributed by atoms with Crippen LogP contribution in [0.4, 0.5) is 17.6 Å². The van der Waals surface area contributed by atoms with Gasteiger partial charge in [-0.1, -0.05) is 30.3 Å². The maximum atomic E-state index is 12.5. The van der Waals surface area contributed by atoms with E-state index in [2.05, 4.69) is 9.97 Å². The summed E-state index contributed by atoms with van der Waals surface area (Å²) in [7, 11) is -3.33. The highest BCUT2D eigenvalue weighted by Gasteiger charge is 2.27. The molecule has 3 rings (SSSR count). The molecule has 1 aromatic heterocycles. The lowest BCUT2D eigenvalue weighted by Gasteiger charge is -2.34. The first-order valence-corrected chi connectivity index (χ1v) is 9.22. The maximum absolute atomic E-state index is 12.5. The van der Waals surface area contributed by atoms with E-state index in [1.807, 2.05) is 35.2 Å². The van der Waals surface area contributed by atoms with Crippen molar-refractivity contribution in [1.29, 1.82) is 0 Å². The number of sulfonamides is 1. The summed E-state index contributed by atoms with van der Waals surface area (Å²) in [6.07, 6.45) is 0. The van der Waals surface area contributed by atoms with Crippen LogP contribution >= 0.6 is 0 Å². The van der Waals surface area contributed by atoms with Crippen LogP contribution < -0.4 is 16.4 Å². The predicted molar refractivity (Wildman–Crippen MR) is 93.7 cm³/mol. The molecule has 0 aliphatic carbocycles. The molecule has 1 aromatic carbocycles. The predicted octanol–water partition coefficient (Wildman–Crippen LogP) is 0.293. The quantitative estimate of drug-likeness (QED) is 0.815. The maximum Gasteiger partial charge on any atom is 0.223 e. The van der Waals surface area contributed by atoms with Gasteiger partial charge in [-0.3, -0.25) is 0 Å². The average molecular weight is 348 g/mol. The van der Waals surface area contributed by atoms with Crippen LogP contribution in [0.3, 0.4) is 0 Å². The van der Waals surface area contributed by atoms with E-state index in [1.54, 1.807) is 6.07 Å². The van der Waals surface area contributed by atoms with Gasteiger partial charge in [0.25, 0.3) is 0 Å². The number of nitrogens with two attached hydrogens (primary N) is 2. The largest absolute Gasteiger partial charge is 0.383 e. The highest BCUT2D eigenvalue weighted by Crippen LogP contribution is 2.19. The molecule has 0 radical (unpaired) electrons. The number of anilines is 3. The molecule has 2 heterocycles. The number of rotatable bonds is 4. The van der Waals surface area contributed by atoms with Crippen LogP contribution in [0.1, 0.15) is 5.56 Å². The second-order valence-corrected chi connectivity index (χ2v) is 7.61. The van der Waals surface area contributed by atoms with Crippen LogP contribution in [0.25, 0.3) is 0 Å².